The van der Waals surface area contributed by atoms with Gasteiger partial charge in [0.25, 0.3) is 0 Å². The van der Waals surface area contributed by atoms with E-state index in [1.807, 2.05) is 27.7 Å². The topological polar surface area (TPSA) is 56.8 Å². The van der Waals surface area contributed by atoms with E-state index in [2.05, 4.69) is 5.32 Å². The first kappa shape index (κ1) is 17.4. The molecule has 1 fully saturated rings. The van der Waals surface area contributed by atoms with Crippen molar-refractivity contribution in [1.82, 2.24) is 5.32 Å². The summed E-state index contributed by atoms with van der Waals surface area (Å²) in [5, 5.41) is 3.28. The van der Waals surface area contributed by atoms with Crippen molar-refractivity contribution in [2.45, 2.75) is 64.6 Å². The summed E-state index contributed by atoms with van der Waals surface area (Å²) in [6.07, 6.45) is 3.00. The van der Waals surface area contributed by atoms with E-state index in [4.69, 9.17) is 14.2 Å². The molecule has 0 spiro atoms. The van der Waals surface area contributed by atoms with E-state index in [1.165, 1.54) is 0 Å². The number of carbonyl (C=O) groups is 1. The van der Waals surface area contributed by atoms with Gasteiger partial charge in [-0.05, 0) is 47.0 Å². The Balaban J connectivity index is 2.36. The Hall–Kier alpha value is -0.650. The highest BCUT2D eigenvalue weighted by atomic mass is 16.5. The van der Waals surface area contributed by atoms with Crippen LogP contribution in [0, 0.1) is 0 Å². The Morgan fingerprint density at radius 3 is 2.80 bits per heavy atom. The lowest BCUT2D eigenvalue weighted by molar-refractivity contribution is -0.151. The van der Waals surface area contributed by atoms with Gasteiger partial charge in [0.2, 0.25) is 0 Å². The van der Waals surface area contributed by atoms with Crippen molar-refractivity contribution in [2.75, 3.05) is 26.4 Å². The van der Waals surface area contributed by atoms with Gasteiger partial charge >= 0.3 is 5.97 Å². The van der Waals surface area contributed by atoms with Crippen LogP contribution in [0.15, 0.2) is 0 Å². The van der Waals surface area contributed by atoms with Gasteiger partial charge < -0.3 is 14.2 Å². The second-order valence-corrected chi connectivity index (χ2v) is 5.81. The van der Waals surface area contributed by atoms with E-state index in [1.54, 1.807) is 0 Å². The van der Waals surface area contributed by atoms with E-state index in [9.17, 15) is 4.79 Å². The van der Waals surface area contributed by atoms with Crippen LogP contribution in [0.1, 0.15) is 47.0 Å². The lowest BCUT2D eigenvalue weighted by Crippen LogP contribution is -2.53. The van der Waals surface area contributed by atoms with Crippen LogP contribution in [-0.4, -0.2) is 50.1 Å². The molecule has 0 aromatic rings. The molecule has 1 rings (SSSR count). The van der Waals surface area contributed by atoms with Crippen LogP contribution in [0.4, 0.5) is 0 Å². The SMILES string of the molecule is CCOC(=O)C(C)(CCOCC1CCCO1)NC(C)C. The molecule has 1 aliphatic rings. The third-order valence-electron chi connectivity index (χ3n) is 3.41. The molecule has 1 saturated heterocycles. The number of rotatable bonds is 9. The molecule has 0 bridgehead atoms. The lowest BCUT2D eigenvalue weighted by atomic mass is 9.97. The highest BCUT2D eigenvalue weighted by molar-refractivity contribution is 5.80. The number of hydrogen-bond donors (Lipinski definition) is 1. The van der Waals surface area contributed by atoms with Gasteiger partial charge in [0.15, 0.2) is 0 Å². The van der Waals surface area contributed by atoms with Crippen molar-refractivity contribution in [3.05, 3.63) is 0 Å². The van der Waals surface area contributed by atoms with Gasteiger partial charge in [0.05, 0.1) is 19.3 Å². The predicted molar refractivity (Wildman–Crippen MR) is 77.7 cm³/mol. The van der Waals surface area contributed by atoms with Gasteiger partial charge in [-0.15, -0.1) is 0 Å². The Morgan fingerprint density at radius 2 is 2.25 bits per heavy atom. The quantitative estimate of drug-likeness (QED) is 0.518. The van der Waals surface area contributed by atoms with Crippen LogP contribution in [0.5, 0.6) is 0 Å². The van der Waals surface area contributed by atoms with Crippen molar-refractivity contribution < 1.29 is 19.0 Å². The summed E-state index contributed by atoms with van der Waals surface area (Å²) >= 11 is 0. The zero-order valence-corrected chi connectivity index (χ0v) is 13.2. The van der Waals surface area contributed by atoms with Crippen molar-refractivity contribution >= 4 is 5.97 Å². The normalized spacial score (nSPS) is 21.9. The molecule has 0 aromatic heterocycles. The van der Waals surface area contributed by atoms with Crippen molar-refractivity contribution in [3.63, 3.8) is 0 Å². The summed E-state index contributed by atoms with van der Waals surface area (Å²) in [6, 6.07) is 0.211. The lowest BCUT2D eigenvalue weighted by Gasteiger charge is -2.30. The maximum Gasteiger partial charge on any atom is 0.326 e. The van der Waals surface area contributed by atoms with E-state index >= 15 is 0 Å². The molecular formula is C15H29NO4. The maximum absolute atomic E-state index is 12.1. The number of hydrogen-bond acceptors (Lipinski definition) is 5. The molecule has 5 nitrogen and oxygen atoms in total. The van der Waals surface area contributed by atoms with Crippen LogP contribution in [0.2, 0.25) is 0 Å². The molecule has 20 heavy (non-hydrogen) atoms. The fourth-order valence-corrected chi connectivity index (χ4v) is 2.43. The second kappa shape index (κ2) is 8.60. The molecule has 5 heteroatoms. The summed E-state index contributed by atoms with van der Waals surface area (Å²) in [5.74, 6) is -0.214. The van der Waals surface area contributed by atoms with Crippen LogP contribution < -0.4 is 5.32 Å². The summed E-state index contributed by atoms with van der Waals surface area (Å²) in [4.78, 5) is 12.1. The summed E-state index contributed by atoms with van der Waals surface area (Å²) < 4.78 is 16.3. The predicted octanol–water partition coefficient (Wildman–Crippen LogP) is 1.89. The van der Waals surface area contributed by atoms with Gasteiger partial charge in [-0.3, -0.25) is 10.1 Å². The zero-order chi connectivity index (χ0) is 15.0. The molecule has 0 aromatic carbocycles. The third kappa shape index (κ3) is 5.77. The van der Waals surface area contributed by atoms with Crippen molar-refractivity contribution in [2.24, 2.45) is 0 Å². The first-order chi connectivity index (χ1) is 9.48. The molecule has 0 aliphatic carbocycles. The van der Waals surface area contributed by atoms with Gasteiger partial charge in [-0.25, -0.2) is 0 Å². The average molecular weight is 287 g/mol. The summed E-state index contributed by atoms with van der Waals surface area (Å²) in [6.45, 7) is 10.1. The first-order valence-corrected chi connectivity index (χ1v) is 7.62. The standard InChI is InChI=1S/C15H29NO4/c1-5-19-14(17)15(4,16-12(2)3)8-10-18-11-13-7-6-9-20-13/h12-13,16H,5-11H2,1-4H3. The van der Waals surface area contributed by atoms with Gasteiger partial charge in [-0.2, -0.15) is 0 Å². The van der Waals surface area contributed by atoms with Crippen molar-refractivity contribution in [3.8, 4) is 0 Å². The molecule has 0 radical (unpaired) electrons. The van der Waals surface area contributed by atoms with Crippen LogP contribution in [0.25, 0.3) is 0 Å². The first-order valence-electron chi connectivity index (χ1n) is 7.62. The highest BCUT2D eigenvalue weighted by Gasteiger charge is 2.34. The molecule has 1 N–H and O–H groups in total. The smallest absolute Gasteiger partial charge is 0.326 e. The number of nitrogens with one attached hydrogen (secondary N) is 1. The second-order valence-electron chi connectivity index (χ2n) is 5.81. The Morgan fingerprint density at radius 1 is 1.50 bits per heavy atom. The largest absolute Gasteiger partial charge is 0.465 e. The van der Waals surface area contributed by atoms with Gasteiger partial charge in [-0.1, -0.05) is 0 Å². The molecule has 0 saturated carbocycles. The van der Waals surface area contributed by atoms with E-state index in [-0.39, 0.29) is 18.1 Å². The fraction of sp³-hybridized carbons (Fsp3) is 0.933. The highest BCUT2D eigenvalue weighted by Crippen LogP contribution is 2.16. The fourth-order valence-electron chi connectivity index (χ4n) is 2.43. The molecule has 2 atom stereocenters. The maximum atomic E-state index is 12.1. The Kier molecular flexibility index (Phi) is 7.48. The minimum absolute atomic E-state index is 0.211. The minimum atomic E-state index is -0.694. The molecular weight excluding hydrogens is 258 g/mol. The van der Waals surface area contributed by atoms with E-state index in [0.717, 1.165) is 19.4 Å². The molecule has 1 heterocycles. The van der Waals surface area contributed by atoms with E-state index < -0.39 is 5.54 Å². The third-order valence-corrected chi connectivity index (χ3v) is 3.41. The molecule has 0 amide bonds. The summed E-state index contributed by atoms with van der Waals surface area (Å²) in [7, 11) is 0. The zero-order valence-electron chi connectivity index (χ0n) is 13.2. The number of carbonyl (C=O) groups excluding carboxylic acids is 1. The molecule has 1 aliphatic heterocycles. The van der Waals surface area contributed by atoms with Crippen LogP contribution in [0.3, 0.4) is 0 Å². The Labute approximate surface area is 122 Å². The Bertz CT molecular complexity index is 290. The molecule has 2 unspecified atom stereocenters. The van der Waals surface area contributed by atoms with Crippen molar-refractivity contribution in [1.29, 1.82) is 0 Å². The van der Waals surface area contributed by atoms with Gasteiger partial charge in [0, 0.05) is 19.3 Å². The van der Waals surface area contributed by atoms with Crippen LogP contribution in [-0.2, 0) is 19.0 Å². The van der Waals surface area contributed by atoms with E-state index in [0.29, 0.717) is 26.2 Å². The summed E-state index contributed by atoms with van der Waals surface area (Å²) in [5.41, 5.74) is -0.694. The number of esters is 1. The monoisotopic (exact) mass is 287 g/mol. The van der Waals surface area contributed by atoms with Gasteiger partial charge in [0.1, 0.15) is 5.54 Å². The number of ether oxygens (including phenoxy) is 3. The van der Waals surface area contributed by atoms with Crippen LogP contribution >= 0.6 is 0 Å². The average Bonchev–Trinajstić information content (AvgIpc) is 2.87. The molecule has 118 valence electrons. The minimum Gasteiger partial charge on any atom is -0.465 e.